The molecule has 2 aromatic rings. The molecule has 27 heavy (non-hydrogen) atoms. The van der Waals surface area contributed by atoms with E-state index in [9.17, 15) is 13.2 Å². The number of carbonyl (C=O) groups excluding carboxylic acids is 1. The molecule has 1 aromatic carbocycles. The van der Waals surface area contributed by atoms with Gasteiger partial charge in [-0.2, -0.15) is 0 Å². The first-order valence-electron chi connectivity index (χ1n) is 8.81. The van der Waals surface area contributed by atoms with Crippen molar-refractivity contribution in [3.8, 4) is 5.88 Å². The first-order chi connectivity index (χ1) is 13.0. The average molecular weight is 389 g/mol. The lowest BCUT2D eigenvalue weighted by molar-refractivity contribution is 0.0726. The first-order valence-corrected chi connectivity index (χ1v) is 10.4. The molecule has 1 amide bonds. The van der Waals surface area contributed by atoms with Crippen LogP contribution >= 0.6 is 0 Å². The summed E-state index contributed by atoms with van der Waals surface area (Å²) in [5, 5.41) is -0.620. The predicted molar refractivity (Wildman–Crippen MR) is 102 cm³/mol. The Kier molecular flexibility index (Phi) is 6.08. The number of nitrogens with one attached hydrogen (secondary N) is 1. The van der Waals surface area contributed by atoms with Gasteiger partial charge in [0.2, 0.25) is 15.9 Å². The maximum Gasteiger partial charge on any atom is 0.253 e. The van der Waals surface area contributed by atoms with E-state index < -0.39 is 15.3 Å². The lowest BCUT2D eigenvalue weighted by Gasteiger charge is -2.32. The second kappa shape index (κ2) is 8.49. The lowest BCUT2D eigenvalue weighted by atomic mass is 10.1. The Hall–Kier alpha value is -2.45. The highest BCUT2D eigenvalue weighted by Crippen LogP contribution is 2.19. The van der Waals surface area contributed by atoms with Crippen molar-refractivity contribution in [1.82, 2.24) is 14.6 Å². The van der Waals surface area contributed by atoms with Crippen molar-refractivity contribution >= 4 is 15.9 Å². The topological polar surface area (TPSA) is 88.6 Å². The molecule has 1 aliphatic heterocycles. The Bertz CT molecular complexity index is 870. The molecule has 8 heteroatoms. The standard InChI is InChI=1S/C19H23N3O4S/c1-26-18-10-9-15(12-20-18)13-21-27(24,25)17-8-5-11-22(14-17)19(23)16-6-3-2-4-7-16/h2-4,6-7,9-10,12,17,21H,5,8,11,13-14H2,1H3/t17-/m0/s1. The summed E-state index contributed by atoms with van der Waals surface area (Å²) in [5.41, 5.74) is 1.32. The molecule has 1 aromatic heterocycles. The quantitative estimate of drug-likeness (QED) is 0.814. The number of ether oxygens (including phenoxy) is 1. The third-order valence-corrected chi connectivity index (χ3v) is 6.42. The van der Waals surface area contributed by atoms with E-state index in [0.717, 1.165) is 5.56 Å². The van der Waals surface area contributed by atoms with Gasteiger partial charge in [-0.25, -0.2) is 18.1 Å². The maximum atomic E-state index is 12.7. The van der Waals surface area contributed by atoms with E-state index >= 15 is 0 Å². The van der Waals surface area contributed by atoms with Gasteiger partial charge in [0.25, 0.3) is 5.91 Å². The van der Waals surface area contributed by atoms with Gasteiger partial charge in [0.05, 0.1) is 12.4 Å². The van der Waals surface area contributed by atoms with Gasteiger partial charge in [-0.15, -0.1) is 0 Å². The molecule has 2 heterocycles. The molecule has 7 nitrogen and oxygen atoms in total. The van der Waals surface area contributed by atoms with Crippen molar-refractivity contribution in [3.63, 3.8) is 0 Å². The van der Waals surface area contributed by atoms with Gasteiger partial charge >= 0.3 is 0 Å². The molecule has 0 bridgehead atoms. The van der Waals surface area contributed by atoms with Gasteiger partial charge in [-0.05, 0) is 30.5 Å². The van der Waals surface area contributed by atoms with E-state index in [1.807, 2.05) is 6.07 Å². The van der Waals surface area contributed by atoms with E-state index in [1.165, 1.54) is 7.11 Å². The highest BCUT2D eigenvalue weighted by Gasteiger charge is 2.32. The second-order valence-corrected chi connectivity index (χ2v) is 8.50. The number of sulfonamides is 1. The highest BCUT2D eigenvalue weighted by molar-refractivity contribution is 7.90. The lowest BCUT2D eigenvalue weighted by Crippen LogP contribution is -2.48. The van der Waals surface area contributed by atoms with Crippen molar-refractivity contribution in [2.75, 3.05) is 20.2 Å². The van der Waals surface area contributed by atoms with E-state index in [0.29, 0.717) is 30.8 Å². The fourth-order valence-corrected chi connectivity index (χ4v) is 4.53. The largest absolute Gasteiger partial charge is 0.481 e. The third kappa shape index (κ3) is 4.84. The fourth-order valence-electron chi connectivity index (χ4n) is 3.08. The van der Waals surface area contributed by atoms with E-state index in [-0.39, 0.29) is 19.0 Å². The first kappa shape index (κ1) is 19.3. The maximum absolute atomic E-state index is 12.7. The van der Waals surface area contributed by atoms with E-state index in [2.05, 4.69) is 9.71 Å². The third-order valence-electron chi connectivity index (χ3n) is 4.61. The molecule has 3 rings (SSSR count). The molecule has 1 saturated heterocycles. The number of pyridine rings is 1. The van der Waals surface area contributed by atoms with Crippen LogP contribution in [-0.2, 0) is 16.6 Å². The van der Waals surface area contributed by atoms with E-state index in [4.69, 9.17) is 4.74 Å². The highest BCUT2D eigenvalue weighted by atomic mass is 32.2. The second-order valence-electron chi connectivity index (χ2n) is 6.46. The molecule has 144 valence electrons. The molecule has 0 unspecified atom stereocenters. The van der Waals surface area contributed by atoms with Crippen molar-refractivity contribution in [2.45, 2.75) is 24.6 Å². The number of aromatic nitrogens is 1. The summed E-state index contributed by atoms with van der Waals surface area (Å²) in [5.74, 6) is 0.346. The van der Waals surface area contributed by atoms with Crippen molar-refractivity contribution in [2.24, 2.45) is 0 Å². The van der Waals surface area contributed by atoms with Gasteiger partial charge in [-0.3, -0.25) is 4.79 Å². The number of amides is 1. The number of hydrogen-bond acceptors (Lipinski definition) is 5. The smallest absolute Gasteiger partial charge is 0.253 e. The van der Waals surface area contributed by atoms with Crippen molar-refractivity contribution < 1.29 is 17.9 Å². The molecule has 0 spiro atoms. The van der Waals surface area contributed by atoms with Crippen LogP contribution in [0.1, 0.15) is 28.8 Å². The van der Waals surface area contributed by atoms with Crippen LogP contribution in [0.15, 0.2) is 48.7 Å². The van der Waals surface area contributed by atoms with Gasteiger partial charge in [-0.1, -0.05) is 24.3 Å². The number of benzene rings is 1. The van der Waals surface area contributed by atoms with Crippen LogP contribution in [0.25, 0.3) is 0 Å². The van der Waals surface area contributed by atoms with Crippen LogP contribution in [0.2, 0.25) is 0 Å². The molecule has 0 radical (unpaired) electrons. The Morgan fingerprint density at radius 2 is 2.04 bits per heavy atom. The zero-order chi connectivity index (χ0) is 19.3. The van der Waals surface area contributed by atoms with Crippen LogP contribution in [0.5, 0.6) is 5.88 Å². The molecule has 1 fully saturated rings. The van der Waals surface area contributed by atoms with Crippen LogP contribution in [0.3, 0.4) is 0 Å². The number of rotatable bonds is 6. The minimum Gasteiger partial charge on any atom is -0.481 e. The Balaban J connectivity index is 1.62. The number of piperidine rings is 1. The SMILES string of the molecule is COc1ccc(CNS(=O)(=O)[C@H]2CCCN(C(=O)c3ccccc3)C2)cn1. The number of hydrogen-bond donors (Lipinski definition) is 1. The van der Waals surface area contributed by atoms with Crippen LogP contribution in [0, 0.1) is 0 Å². The summed E-state index contributed by atoms with van der Waals surface area (Å²) in [6, 6.07) is 12.4. The number of carbonyl (C=O) groups is 1. The zero-order valence-electron chi connectivity index (χ0n) is 15.2. The molecule has 1 N–H and O–H groups in total. The fraction of sp³-hybridized carbons (Fsp3) is 0.368. The summed E-state index contributed by atoms with van der Waals surface area (Å²) in [6.45, 7) is 0.925. The van der Waals surface area contributed by atoms with E-state index in [1.54, 1.807) is 47.5 Å². The molecule has 0 aliphatic carbocycles. The zero-order valence-corrected chi connectivity index (χ0v) is 16.0. The number of likely N-dealkylation sites (tertiary alicyclic amines) is 1. The number of nitrogens with zero attached hydrogens (tertiary/aromatic N) is 2. The molecule has 1 atom stereocenters. The summed E-state index contributed by atoms with van der Waals surface area (Å²) >= 11 is 0. The summed E-state index contributed by atoms with van der Waals surface area (Å²) in [7, 11) is -2.02. The van der Waals surface area contributed by atoms with Gasteiger partial charge in [0, 0.05) is 37.5 Å². The summed E-state index contributed by atoms with van der Waals surface area (Å²) in [6.07, 6.45) is 2.77. The molecule has 0 saturated carbocycles. The van der Waals surface area contributed by atoms with Crippen molar-refractivity contribution in [3.05, 3.63) is 59.8 Å². The average Bonchev–Trinajstić information content (AvgIpc) is 2.73. The Morgan fingerprint density at radius 1 is 1.26 bits per heavy atom. The Morgan fingerprint density at radius 3 is 2.70 bits per heavy atom. The van der Waals surface area contributed by atoms with Gasteiger partial charge in [0.15, 0.2) is 0 Å². The monoisotopic (exact) mass is 389 g/mol. The molecule has 1 aliphatic rings. The normalized spacial score (nSPS) is 17.5. The Labute approximate surface area is 159 Å². The minimum atomic E-state index is -3.55. The molecular formula is C19H23N3O4S. The van der Waals surface area contributed by atoms with Gasteiger partial charge in [0.1, 0.15) is 0 Å². The van der Waals surface area contributed by atoms with Crippen molar-refractivity contribution in [1.29, 1.82) is 0 Å². The number of methoxy groups -OCH3 is 1. The predicted octanol–water partition coefficient (Wildman–Crippen LogP) is 1.81. The van der Waals surface area contributed by atoms with Crippen LogP contribution < -0.4 is 9.46 Å². The minimum absolute atomic E-state index is 0.130. The van der Waals surface area contributed by atoms with Gasteiger partial charge < -0.3 is 9.64 Å². The molecular weight excluding hydrogens is 366 g/mol. The van der Waals surface area contributed by atoms with Crippen LogP contribution in [-0.4, -0.2) is 49.7 Å². The van der Waals surface area contributed by atoms with Crippen LogP contribution in [0.4, 0.5) is 0 Å². The summed E-state index contributed by atoms with van der Waals surface area (Å²) in [4.78, 5) is 18.3. The summed E-state index contributed by atoms with van der Waals surface area (Å²) < 4.78 is 33.0.